The summed E-state index contributed by atoms with van der Waals surface area (Å²) in [5.74, 6) is 0.694. The van der Waals surface area contributed by atoms with Gasteiger partial charge in [0.1, 0.15) is 12.4 Å². The summed E-state index contributed by atoms with van der Waals surface area (Å²) in [6.07, 6.45) is 1.64. The standard InChI is InChI=1S/C18H20N2O2S/c1-3-20(4-2)10-13-5-7-14(8-6-13)22-11-17-15-9-19-18(21)16(15)12-23-17/h5-9,12H,3-4,10-11H2,1-2H3. The number of thiophene rings is 1. The lowest BCUT2D eigenvalue weighted by Gasteiger charge is -2.18. The van der Waals surface area contributed by atoms with E-state index in [-0.39, 0.29) is 5.91 Å². The Morgan fingerprint density at radius 2 is 1.91 bits per heavy atom. The van der Waals surface area contributed by atoms with Gasteiger partial charge in [-0.2, -0.15) is 0 Å². The Morgan fingerprint density at radius 3 is 2.61 bits per heavy atom. The SMILES string of the molecule is CCN(CC)Cc1ccc(OCc2scc3c2C=NC3=O)cc1. The summed E-state index contributed by atoms with van der Waals surface area (Å²) in [6, 6.07) is 8.23. The van der Waals surface area contributed by atoms with Crippen molar-refractivity contribution < 1.29 is 9.53 Å². The third kappa shape index (κ3) is 3.51. The molecule has 23 heavy (non-hydrogen) atoms. The molecule has 1 amide bonds. The molecule has 2 aromatic rings. The topological polar surface area (TPSA) is 41.9 Å². The van der Waals surface area contributed by atoms with Gasteiger partial charge in [0.2, 0.25) is 0 Å². The van der Waals surface area contributed by atoms with Crippen LogP contribution in [0.25, 0.3) is 0 Å². The number of nitrogens with zero attached hydrogens (tertiary/aromatic N) is 2. The minimum Gasteiger partial charge on any atom is -0.488 e. The largest absolute Gasteiger partial charge is 0.488 e. The summed E-state index contributed by atoms with van der Waals surface area (Å²) >= 11 is 1.55. The monoisotopic (exact) mass is 328 g/mol. The molecular formula is C18H20N2O2S. The molecule has 1 aliphatic rings. The van der Waals surface area contributed by atoms with Gasteiger partial charge in [0.05, 0.1) is 10.4 Å². The van der Waals surface area contributed by atoms with Gasteiger partial charge >= 0.3 is 0 Å². The van der Waals surface area contributed by atoms with Crippen molar-refractivity contribution >= 4 is 23.5 Å². The maximum atomic E-state index is 11.5. The van der Waals surface area contributed by atoms with E-state index in [1.165, 1.54) is 5.56 Å². The zero-order valence-electron chi connectivity index (χ0n) is 13.4. The van der Waals surface area contributed by atoms with Gasteiger partial charge in [-0.1, -0.05) is 26.0 Å². The minimum atomic E-state index is -0.150. The first-order valence-corrected chi connectivity index (χ1v) is 8.72. The molecule has 1 aromatic carbocycles. The fourth-order valence-electron chi connectivity index (χ4n) is 2.56. The maximum absolute atomic E-state index is 11.5. The molecule has 0 saturated heterocycles. The van der Waals surface area contributed by atoms with Gasteiger partial charge in [0, 0.05) is 23.7 Å². The number of rotatable bonds is 7. The molecule has 0 unspecified atom stereocenters. The lowest BCUT2D eigenvalue weighted by molar-refractivity contribution is 0.101. The van der Waals surface area contributed by atoms with Crippen molar-refractivity contribution in [1.29, 1.82) is 0 Å². The smallest absolute Gasteiger partial charge is 0.278 e. The van der Waals surface area contributed by atoms with Crippen molar-refractivity contribution in [2.24, 2.45) is 4.99 Å². The summed E-state index contributed by atoms with van der Waals surface area (Å²) in [7, 11) is 0. The molecule has 5 heteroatoms. The van der Waals surface area contributed by atoms with Crippen molar-refractivity contribution in [3.63, 3.8) is 0 Å². The maximum Gasteiger partial charge on any atom is 0.278 e. The summed E-state index contributed by atoms with van der Waals surface area (Å²) in [4.78, 5) is 18.7. The second-order valence-electron chi connectivity index (χ2n) is 5.44. The predicted molar refractivity (Wildman–Crippen MR) is 93.6 cm³/mol. The molecule has 120 valence electrons. The van der Waals surface area contributed by atoms with E-state index in [2.05, 4.69) is 35.9 Å². The summed E-state index contributed by atoms with van der Waals surface area (Å²) in [5, 5.41) is 1.86. The van der Waals surface area contributed by atoms with E-state index in [9.17, 15) is 4.79 Å². The first kappa shape index (κ1) is 15.9. The number of hydrogen-bond donors (Lipinski definition) is 0. The Morgan fingerprint density at radius 1 is 1.17 bits per heavy atom. The molecule has 0 radical (unpaired) electrons. The molecule has 0 spiro atoms. The van der Waals surface area contributed by atoms with Gasteiger partial charge in [-0.3, -0.25) is 9.69 Å². The molecule has 0 saturated carbocycles. The number of amides is 1. The molecule has 0 N–H and O–H groups in total. The van der Waals surface area contributed by atoms with Crippen LogP contribution in [0, 0.1) is 0 Å². The molecule has 0 bridgehead atoms. The third-order valence-electron chi connectivity index (χ3n) is 4.04. The van der Waals surface area contributed by atoms with Gasteiger partial charge in [-0.25, -0.2) is 4.99 Å². The second kappa shape index (κ2) is 7.06. The molecule has 1 aliphatic heterocycles. The zero-order valence-corrected chi connectivity index (χ0v) is 14.2. The van der Waals surface area contributed by atoms with Gasteiger partial charge in [-0.05, 0) is 30.8 Å². The van der Waals surface area contributed by atoms with Crippen molar-refractivity contribution in [2.75, 3.05) is 13.1 Å². The molecule has 1 aromatic heterocycles. The fourth-order valence-corrected chi connectivity index (χ4v) is 3.47. The first-order valence-electron chi connectivity index (χ1n) is 7.84. The molecule has 3 rings (SSSR count). The fraction of sp³-hybridized carbons (Fsp3) is 0.333. The molecule has 0 fully saturated rings. The highest BCUT2D eigenvalue weighted by Crippen LogP contribution is 2.27. The summed E-state index contributed by atoms with van der Waals surface area (Å²) in [5.41, 5.74) is 2.90. The van der Waals surface area contributed by atoms with Crippen LogP contribution >= 0.6 is 11.3 Å². The van der Waals surface area contributed by atoms with E-state index >= 15 is 0 Å². The van der Waals surface area contributed by atoms with Crippen molar-refractivity contribution in [3.8, 4) is 5.75 Å². The Kier molecular flexibility index (Phi) is 4.88. The number of carbonyl (C=O) groups excluding carboxylic acids is 1. The number of ether oxygens (including phenoxy) is 1. The van der Waals surface area contributed by atoms with Crippen LogP contribution in [0.3, 0.4) is 0 Å². The Balaban J connectivity index is 1.60. The molecule has 2 heterocycles. The van der Waals surface area contributed by atoms with Crippen LogP contribution in [0.4, 0.5) is 0 Å². The number of benzene rings is 1. The number of hydrogen-bond acceptors (Lipinski definition) is 4. The van der Waals surface area contributed by atoms with E-state index in [1.807, 2.05) is 17.5 Å². The summed E-state index contributed by atoms with van der Waals surface area (Å²) in [6.45, 7) is 7.89. The van der Waals surface area contributed by atoms with E-state index < -0.39 is 0 Å². The minimum absolute atomic E-state index is 0.150. The predicted octanol–water partition coefficient (Wildman–Crippen LogP) is 3.74. The Hall–Kier alpha value is -1.98. The number of carbonyl (C=O) groups is 1. The Labute approximate surface area is 140 Å². The zero-order chi connectivity index (χ0) is 16.2. The van der Waals surface area contributed by atoms with E-state index in [0.29, 0.717) is 12.2 Å². The van der Waals surface area contributed by atoms with Gasteiger partial charge in [-0.15, -0.1) is 11.3 Å². The van der Waals surface area contributed by atoms with Crippen molar-refractivity contribution in [1.82, 2.24) is 4.90 Å². The van der Waals surface area contributed by atoms with Crippen LogP contribution in [0.5, 0.6) is 5.75 Å². The first-order chi connectivity index (χ1) is 11.2. The lowest BCUT2D eigenvalue weighted by Crippen LogP contribution is -2.21. The summed E-state index contributed by atoms with van der Waals surface area (Å²) < 4.78 is 5.85. The van der Waals surface area contributed by atoms with Crippen LogP contribution in [0.2, 0.25) is 0 Å². The van der Waals surface area contributed by atoms with Crippen LogP contribution in [-0.2, 0) is 13.2 Å². The normalized spacial score (nSPS) is 12.9. The molecular weight excluding hydrogens is 308 g/mol. The lowest BCUT2D eigenvalue weighted by atomic mass is 10.2. The van der Waals surface area contributed by atoms with Crippen LogP contribution in [-0.4, -0.2) is 30.1 Å². The average Bonchev–Trinajstić information content (AvgIpc) is 3.15. The number of aliphatic imine (C=N–C) groups is 1. The van der Waals surface area contributed by atoms with Crippen molar-refractivity contribution in [3.05, 3.63) is 51.2 Å². The number of fused-ring (bicyclic) bond motifs is 1. The van der Waals surface area contributed by atoms with Gasteiger partial charge < -0.3 is 4.74 Å². The molecule has 0 aliphatic carbocycles. The highest BCUT2D eigenvalue weighted by molar-refractivity contribution is 7.10. The quantitative estimate of drug-likeness (QED) is 0.777. The second-order valence-corrected chi connectivity index (χ2v) is 6.41. The molecule has 0 atom stereocenters. The van der Waals surface area contributed by atoms with Crippen LogP contribution < -0.4 is 4.74 Å². The Bertz CT molecular complexity index is 715. The van der Waals surface area contributed by atoms with E-state index in [0.717, 1.165) is 35.8 Å². The van der Waals surface area contributed by atoms with Crippen LogP contribution in [0.1, 0.15) is 40.2 Å². The highest BCUT2D eigenvalue weighted by atomic mass is 32.1. The molecule has 4 nitrogen and oxygen atoms in total. The highest BCUT2D eigenvalue weighted by Gasteiger charge is 2.20. The average molecular weight is 328 g/mol. The van der Waals surface area contributed by atoms with Gasteiger partial charge in [0.25, 0.3) is 5.91 Å². The van der Waals surface area contributed by atoms with Gasteiger partial charge in [0.15, 0.2) is 0 Å². The third-order valence-corrected chi connectivity index (χ3v) is 5.02. The van der Waals surface area contributed by atoms with E-state index in [4.69, 9.17) is 4.74 Å². The van der Waals surface area contributed by atoms with Crippen LogP contribution in [0.15, 0.2) is 34.6 Å². The van der Waals surface area contributed by atoms with E-state index in [1.54, 1.807) is 17.6 Å². The van der Waals surface area contributed by atoms with Crippen molar-refractivity contribution in [2.45, 2.75) is 27.0 Å².